The van der Waals surface area contributed by atoms with Gasteiger partial charge in [0.2, 0.25) is 0 Å². The third-order valence-corrected chi connectivity index (χ3v) is 5.30. The fraction of sp³-hybridized carbons (Fsp3) is 0.333. The first kappa shape index (κ1) is 22.7. The van der Waals surface area contributed by atoms with Gasteiger partial charge in [-0.15, -0.1) is 0 Å². The van der Waals surface area contributed by atoms with Crippen LogP contribution in [0.4, 0.5) is 0 Å². The molecule has 164 valence electrons. The van der Waals surface area contributed by atoms with E-state index in [1.807, 2.05) is 49.4 Å². The highest BCUT2D eigenvalue weighted by Crippen LogP contribution is 2.32. The molecule has 0 amide bonds. The van der Waals surface area contributed by atoms with E-state index in [1.165, 1.54) is 5.56 Å². The van der Waals surface area contributed by atoms with Gasteiger partial charge in [0.25, 0.3) is 0 Å². The lowest BCUT2D eigenvalue weighted by atomic mass is 10.1. The molecule has 0 aliphatic carbocycles. The number of likely N-dealkylation sites (N-methyl/N-ethyl adjacent to an activating group) is 1. The molecule has 0 bridgehead atoms. The maximum atomic E-state index is 6.22. The average Bonchev–Trinajstić information content (AvgIpc) is 2.82. The first-order chi connectivity index (χ1) is 15.2. The summed E-state index contributed by atoms with van der Waals surface area (Å²) in [7, 11) is 1.69. The van der Waals surface area contributed by atoms with Gasteiger partial charge in [0, 0.05) is 18.7 Å². The minimum atomic E-state index is 0.520. The maximum Gasteiger partial charge on any atom is 0.166 e. The summed E-state index contributed by atoms with van der Waals surface area (Å²) in [5, 5.41) is 0. The number of methoxy groups -OCH3 is 1. The molecule has 0 aliphatic rings. The van der Waals surface area contributed by atoms with Crippen LogP contribution < -0.4 is 14.2 Å². The van der Waals surface area contributed by atoms with Gasteiger partial charge in [-0.2, -0.15) is 0 Å². The molecule has 0 saturated carbocycles. The van der Waals surface area contributed by atoms with Crippen molar-refractivity contribution in [2.75, 3.05) is 26.8 Å². The lowest BCUT2D eigenvalue weighted by Crippen LogP contribution is -2.25. The van der Waals surface area contributed by atoms with Gasteiger partial charge in [-0.25, -0.2) is 0 Å². The van der Waals surface area contributed by atoms with E-state index < -0.39 is 0 Å². The minimum Gasteiger partial charge on any atom is -0.494 e. The first-order valence-corrected chi connectivity index (χ1v) is 11.0. The summed E-state index contributed by atoms with van der Waals surface area (Å²) in [6.07, 6.45) is 0.990. The summed E-state index contributed by atoms with van der Waals surface area (Å²) in [6.45, 7) is 8.16. The summed E-state index contributed by atoms with van der Waals surface area (Å²) in [5.41, 5.74) is 3.60. The van der Waals surface area contributed by atoms with Gasteiger partial charge in [-0.05, 0) is 49.2 Å². The van der Waals surface area contributed by atoms with Crippen molar-refractivity contribution >= 4 is 0 Å². The highest BCUT2D eigenvalue weighted by molar-refractivity contribution is 5.46. The van der Waals surface area contributed by atoms with Crippen LogP contribution in [0.3, 0.4) is 0 Å². The fourth-order valence-corrected chi connectivity index (χ4v) is 3.54. The van der Waals surface area contributed by atoms with Crippen molar-refractivity contribution in [2.45, 2.75) is 33.4 Å². The third-order valence-electron chi connectivity index (χ3n) is 5.30. The molecule has 3 aromatic carbocycles. The van der Waals surface area contributed by atoms with Crippen LogP contribution >= 0.6 is 0 Å². The van der Waals surface area contributed by atoms with Crippen LogP contribution in [0, 0.1) is 0 Å². The summed E-state index contributed by atoms with van der Waals surface area (Å²) < 4.78 is 17.4. The van der Waals surface area contributed by atoms with E-state index in [-0.39, 0.29) is 0 Å². The second-order valence-electron chi connectivity index (χ2n) is 7.42. The normalized spacial score (nSPS) is 10.8. The summed E-state index contributed by atoms with van der Waals surface area (Å²) in [6, 6.07) is 24.7. The predicted molar refractivity (Wildman–Crippen MR) is 126 cm³/mol. The van der Waals surface area contributed by atoms with Crippen LogP contribution in [0.15, 0.2) is 72.8 Å². The van der Waals surface area contributed by atoms with E-state index in [4.69, 9.17) is 14.2 Å². The molecule has 0 aromatic heterocycles. The van der Waals surface area contributed by atoms with Crippen molar-refractivity contribution in [1.29, 1.82) is 0 Å². The Morgan fingerprint density at radius 1 is 0.774 bits per heavy atom. The summed E-state index contributed by atoms with van der Waals surface area (Å²) >= 11 is 0. The van der Waals surface area contributed by atoms with Crippen molar-refractivity contribution in [3.63, 3.8) is 0 Å². The molecule has 4 heteroatoms. The molecule has 0 unspecified atom stereocenters. The molecule has 31 heavy (non-hydrogen) atoms. The van der Waals surface area contributed by atoms with Crippen LogP contribution in [0.1, 0.15) is 30.5 Å². The van der Waals surface area contributed by atoms with Gasteiger partial charge in [-0.3, -0.25) is 4.90 Å². The summed E-state index contributed by atoms with van der Waals surface area (Å²) in [4.78, 5) is 2.43. The number of rotatable bonds is 12. The molecular weight excluding hydrogens is 386 g/mol. The Morgan fingerprint density at radius 2 is 1.55 bits per heavy atom. The Morgan fingerprint density at radius 3 is 2.23 bits per heavy atom. The van der Waals surface area contributed by atoms with Crippen molar-refractivity contribution in [2.24, 2.45) is 0 Å². The molecule has 0 heterocycles. The largest absolute Gasteiger partial charge is 0.494 e. The second kappa shape index (κ2) is 12.0. The standard InChI is InChI=1S/C27H33NO3/c1-4-28(19-18-22-14-16-25(17-15-22)30-5-2)20-24-12-9-13-26(29-3)27(24)31-21-23-10-7-6-8-11-23/h6-17H,4-5,18-21H2,1-3H3. The van der Waals surface area contributed by atoms with Gasteiger partial charge >= 0.3 is 0 Å². The first-order valence-electron chi connectivity index (χ1n) is 11.0. The maximum absolute atomic E-state index is 6.22. The molecule has 0 saturated heterocycles. The molecule has 0 fully saturated rings. The molecule has 4 nitrogen and oxygen atoms in total. The Hall–Kier alpha value is -2.98. The van der Waals surface area contributed by atoms with Crippen LogP contribution in [0.2, 0.25) is 0 Å². The van der Waals surface area contributed by atoms with E-state index >= 15 is 0 Å². The highest BCUT2D eigenvalue weighted by atomic mass is 16.5. The van der Waals surface area contributed by atoms with E-state index in [0.717, 1.165) is 54.4 Å². The Bertz CT molecular complexity index is 910. The number of benzene rings is 3. The SMILES string of the molecule is CCOc1ccc(CCN(CC)Cc2cccc(OC)c2OCc2ccccc2)cc1. The molecule has 0 N–H and O–H groups in total. The molecule has 0 radical (unpaired) electrons. The molecule has 0 aliphatic heterocycles. The van der Waals surface area contributed by atoms with Gasteiger partial charge in [-0.1, -0.05) is 61.5 Å². The minimum absolute atomic E-state index is 0.520. The quantitative estimate of drug-likeness (QED) is 0.375. The lowest BCUT2D eigenvalue weighted by Gasteiger charge is -2.23. The van der Waals surface area contributed by atoms with Crippen LogP contribution in [0.25, 0.3) is 0 Å². The van der Waals surface area contributed by atoms with E-state index in [2.05, 4.69) is 42.2 Å². The Balaban J connectivity index is 1.66. The van der Waals surface area contributed by atoms with Crippen molar-refractivity contribution in [3.8, 4) is 17.2 Å². The zero-order chi connectivity index (χ0) is 21.9. The monoisotopic (exact) mass is 419 g/mol. The van der Waals surface area contributed by atoms with E-state index in [1.54, 1.807) is 7.11 Å². The molecular formula is C27H33NO3. The topological polar surface area (TPSA) is 30.9 Å². The zero-order valence-corrected chi connectivity index (χ0v) is 18.8. The number of ether oxygens (including phenoxy) is 3. The molecule has 3 rings (SSSR count). The smallest absolute Gasteiger partial charge is 0.166 e. The fourth-order valence-electron chi connectivity index (χ4n) is 3.54. The number of hydrogen-bond donors (Lipinski definition) is 0. The van der Waals surface area contributed by atoms with Crippen molar-refractivity contribution < 1.29 is 14.2 Å². The van der Waals surface area contributed by atoms with Crippen molar-refractivity contribution in [3.05, 3.63) is 89.5 Å². The van der Waals surface area contributed by atoms with Crippen LogP contribution in [-0.4, -0.2) is 31.7 Å². The van der Waals surface area contributed by atoms with E-state index in [9.17, 15) is 0 Å². The van der Waals surface area contributed by atoms with Gasteiger partial charge in [0.05, 0.1) is 13.7 Å². The van der Waals surface area contributed by atoms with Crippen LogP contribution in [-0.2, 0) is 19.6 Å². The number of hydrogen-bond acceptors (Lipinski definition) is 4. The predicted octanol–water partition coefficient (Wildman–Crippen LogP) is 5.74. The number of para-hydroxylation sites is 1. The van der Waals surface area contributed by atoms with Gasteiger partial charge in [0.15, 0.2) is 11.5 Å². The lowest BCUT2D eigenvalue weighted by molar-refractivity contribution is 0.256. The highest BCUT2D eigenvalue weighted by Gasteiger charge is 2.14. The Kier molecular flexibility index (Phi) is 8.80. The molecule has 0 atom stereocenters. The zero-order valence-electron chi connectivity index (χ0n) is 18.8. The van der Waals surface area contributed by atoms with Crippen molar-refractivity contribution in [1.82, 2.24) is 4.90 Å². The van der Waals surface area contributed by atoms with Crippen LogP contribution in [0.5, 0.6) is 17.2 Å². The Labute approximate surface area is 186 Å². The average molecular weight is 420 g/mol. The molecule has 0 spiro atoms. The van der Waals surface area contributed by atoms with Gasteiger partial charge < -0.3 is 14.2 Å². The molecule has 3 aromatic rings. The van der Waals surface area contributed by atoms with Gasteiger partial charge in [0.1, 0.15) is 12.4 Å². The number of nitrogens with zero attached hydrogens (tertiary/aromatic N) is 1. The third kappa shape index (κ3) is 6.76. The second-order valence-corrected chi connectivity index (χ2v) is 7.42. The summed E-state index contributed by atoms with van der Waals surface area (Å²) in [5.74, 6) is 2.53. The van der Waals surface area contributed by atoms with E-state index in [0.29, 0.717) is 13.2 Å².